The molecule has 0 bridgehead atoms. The number of hydrogen-bond donors (Lipinski definition) is 1. The molecular formula is C14H18BNO4. The van der Waals surface area contributed by atoms with Gasteiger partial charge in [-0.1, -0.05) is 18.2 Å². The van der Waals surface area contributed by atoms with Gasteiger partial charge in [-0.25, -0.2) is 9.79 Å². The maximum absolute atomic E-state index is 11.0. The third-order valence-electron chi connectivity index (χ3n) is 2.57. The Balaban J connectivity index is 2.60. The summed E-state index contributed by atoms with van der Waals surface area (Å²) in [5, 5.41) is 9.06. The van der Waals surface area contributed by atoms with Gasteiger partial charge in [0.1, 0.15) is 5.75 Å². The lowest BCUT2D eigenvalue weighted by molar-refractivity contribution is -0.138. The Morgan fingerprint density at radius 2 is 2.15 bits per heavy atom. The number of carboxylic acids is 1. The Bertz CT molecular complexity index is 459. The van der Waals surface area contributed by atoms with Gasteiger partial charge in [0.05, 0.1) is 6.61 Å². The number of hydrogen-bond acceptors (Lipinski definition) is 4. The molecular weight excluding hydrogens is 257 g/mol. The zero-order valence-corrected chi connectivity index (χ0v) is 11.5. The van der Waals surface area contributed by atoms with Crippen LogP contribution >= 0.6 is 0 Å². The van der Waals surface area contributed by atoms with Crippen LogP contribution in [0.25, 0.3) is 0 Å². The van der Waals surface area contributed by atoms with E-state index in [1.165, 1.54) is 8.05 Å². The van der Waals surface area contributed by atoms with Crippen LogP contribution in [0.4, 0.5) is 0 Å². The van der Waals surface area contributed by atoms with Gasteiger partial charge < -0.3 is 14.5 Å². The van der Waals surface area contributed by atoms with Crippen molar-refractivity contribution in [3.63, 3.8) is 0 Å². The largest absolute Gasteiger partial charge is 0.560 e. The number of carboxylic acid groups (broad SMARTS) is 1. The van der Waals surface area contributed by atoms with E-state index in [2.05, 4.69) is 16.2 Å². The molecule has 0 radical (unpaired) electrons. The Kier molecular flexibility index (Phi) is 6.96. The Labute approximate surface area is 119 Å². The molecule has 1 N–H and O–H groups in total. The number of aliphatic imine (C=N–C) groups is 1. The molecule has 1 aromatic rings. The smallest absolute Gasteiger partial charge is 0.328 e. The average molecular weight is 275 g/mol. The van der Waals surface area contributed by atoms with Crippen molar-refractivity contribution in [1.82, 2.24) is 0 Å². The molecule has 1 rings (SSSR count). The zero-order valence-electron chi connectivity index (χ0n) is 11.5. The van der Waals surface area contributed by atoms with E-state index >= 15 is 0 Å². The van der Waals surface area contributed by atoms with Crippen LogP contribution in [-0.4, -0.2) is 38.2 Å². The maximum Gasteiger partial charge on any atom is 0.328 e. The van der Waals surface area contributed by atoms with E-state index in [4.69, 9.17) is 9.84 Å². The Morgan fingerprint density at radius 3 is 2.70 bits per heavy atom. The Morgan fingerprint density at radius 1 is 1.45 bits per heavy atom. The van der Waals surface area contributed by atoms with Crippen LogP contribution in [0.1, 0.15) is 12.0 Å². The minimum atomic E-state index is -0.982. The first kappa shape index (κ1) is 15.8. The second-order valence-electron chi connectivity index (χ2n) is 4.12. The van der Waals surface area contributed by atoms with Gasteiger partial charge in [0.15, 0.2) is 12.4 Å². The zero-order chi connectivity index (χ0) is 14.8. The van der Waals surface area contributed by atoms with Gasteiger partial charge in [-0.05, 0) is 24.1 Å². The number of benzene rings is 1. The van der Waals surface area contributed by atoms with Gasteiger partial charge in [0, 0.05) is 6.42 Å². The summed E-state index contributed by atoms with van der Waals surface area (Å²) in [7, 11) is 1.43. The number of carbonyl (C=O) groups is 1. The van der Waals surface area contributed by atoms with E-state index in [1.54, 1.807) is 6.08 Å². The molecule has 0 aromatic heterocycles. The van der Waals surface area contributed by atoms with Crippen LogP contribution in [-0.2, 0) is 15.9 Å². The lowest BCUT2D eigenvalue weighted by atomic mass is 10.1. The summed E-state index contributed by atoms with van der Waals surface area (Å²) in [5.74, 6) is -0.229. The third-order valence-corrected chi connectivity index (χ3v) is 2.57. The van der Waals surface area contributed by atoms with Crippen LogP contribution in [0, 0.1) is 0 Å². The van der Waals surface area contributed by atoms with E-state index in [0.29, 0.717) is 13.0 Å². The van der Waals surface area contributed by atoms with Crippen molar-refractivity contribution >= 4 is 20.4 Å². The highest BCUT2D eigenvalue weighted by Gasteiger charge is 2.16. The molecule has 0 heterocycles. The van der Waals surface area contributed by atoms with Crippen molar-refractivity contribution in [2.24, 2.45) is 4.99 Å². The molecule has 0 unspecified atom stereocenters. The fourth-order valence-corrected chi connectivity index (χ4v) is 1.54. The second kappa shape index (κ2) is 8.80. The first-order chi connectivity index (χ1) is 9.67. The normalized spacial score (nSPS) is 12.0. The molecule has 0 saturated heterocycles. The number of rotatable bonds is 9. The van der Waals surface area contributed by atoms with Crippen LogP contribution in [0.2, 0.25) is 0 Å². The van der Waals surface area contributed by atoms with Crippen molar-refractivity contribution < 1.29 is 19.3 Å². The molecule has 0 fully saturated rings. The lowest BCUT2D eigenvalue weighted by Crippen LogP contribution is -2.21. The summed E-state index contributed by atoms with van der Waals surface area (Å²) in [6.07, 6.45) is 4.03. The number of nitrogens with zero attached hydrogens (tertiary/aromatic N) is 1. The van der Waals surface area contributed by atoms with E-state index in [0.717, 1.165) is 24.1 Å². The monoisotopic (exact) mass is 275 g/mol. The average Bonchev–Trinajstić information content (AvgIpc) is 2.45. The van der Waals surface area contributed by atoms with Crippen LogP contribution in [0.15, 0.2) is 41.9 Å². The first-order valence-corrected chi connectivity index (χ1v) is 6.27. The highest BCUT2D eigenvalue weighted by Crippen LogP contribution is 2.14. The minimum absolute atomic E-state index is 0.308. The van der Waals surface area contributed by atoms with Gasteiger partial charge in [-0.2, -0.15) is 0 Å². The summed E-state index contributed by atoms with van der Waals surface area (Å²) < 4.78 is 10.1. The van der Waals surface area contributed by atoms with E-state index in [1.807, 2.05) is 24.3 Å². The predicted octanol–water partition coefficient (Wildman–Crippen LogP) is 1.23. The van der Waals surface area contributed by atoms with Gasteiger partial charge in [0.2, 0.25) is 0 Å². The molecule has 6 heteroatoms. The SMILES string of the molecule is BOC=N[C@@H](Cc1ccc(OCCC=C)cc1)C(=O)O. The lowest BCUT2D eigenvalue weighted by Gasteiger charge is -2.09. The molecule has 0 aliphatic rings. The van der Waals surface area contributed by atoms with E-state index in [-0.39, 0.29) is 0 Å². The van der Waals surface area contributed by atoms with Gasteiger partial charge in [-0.15, -0.1) is 6.58 Å². The molecule has 0 aliphatic carbocycles. The number of ether oxygens (including phenoxy) is 1. The van der Waals surface area contributed by atoms with Crippen molar-refractivity contribution in [1.29, 1.82) is 0 Å². The van der Waals surface area contributed by atoms with E-state index in [9.17, 15) is 4.79 Å². The molecule has 0 spiro atoms. The second-order valence-corrected chi connectivity index (χ2v) is 4.12. The van der Waals surface area contributed by atoms with Crippen LogP contribution in [0.5, 0.6) is 5.75 Å². The van der Waals surface area contributed by atoms with Gasteiger partial charge >= 0.3 is 14.0 Å². The highest BCUT2D eigenvalue weighted by molar-refractivity contribution is 6.02. The molecule has 0 aliphatic heterocycles. The van der Waals surface area contributed by atoms with Gasteiger partial charge in [-0.3, -0.25) is 0 Å². The van der Waals surface area contributed by atoms with Crippen molar-refractivity contribution in [2.75, 3.05) is 6.61 Å². The quantitative estimate of drug-likeness (QED) is 0.242. The molecule has 0 amide bonds. The molecule has 1 atom stereocenters. The standard InChI is InChI=1S/C14H18BNO4/c1-2-3-8-19-12-6-4-11(5-7-12)9-13(14(17)18)16-10-20-15/h2,4-7,10,13H,1,3,8-9,15H2,(H,17,18)/t13-/m0/s1. The molecule has 1 aromatic carbocycles. The van der Waals surface area contributed by atoms with Crippen molar-refractivity contribution in [2.45, 2.75) is 18.9 Å². The molecule has 0 saturated carbocycles. The number of aliphatic carboxylic acids is 1. The summed E-state index contributed by atoms with van der Waals surface area (Å²) >= 11 is 0. The van der Waals surface area contributed by atoms with Crippen LogP contribution < -0.4 is 4.74 Å². The maximum atomic E-state index is 11.0. The third kappa shape index (κ3) is 5.60. The topological polar surface area (TPSA) is 68.1 Å². The van der Waals surface area contributed by atoms with Crippen molar-refractivity contribution in [3.8, 4) is 5.75 Å². The molecule has 106 valence electrons. The van der Waals surface area contributed by atoms with Crippen molar-refractivity contribution in [3.05, 3.63) is 42.5 Å². The Hall–Kier alpha value is -2.24. The predicted molar refractivity (Wildman–Crippen MR) is 80.0 cm³/mol. The minimum Gasteiger partial charge on any atom is -0.560 e. The summed E-state index contributed by atoms with van der Waals surface area (Å²) in [5.41, 5.74) is 0.877. The fourth-order valence-electron chi connectivity index (χ4n) is 1.54. The highest BCUT2D eigenvalue weighted by atomic mass is 16.5. The van der Waals surface area contributed by atoms with Crippen LogP contribution in [0.3, 0.4) is 0 Å². The molecule has 5 nitrogen and oxygen atoms in total. The fraction of sp³-hybridized carbons (Fsp3) is 0.286. The summed E-state index contributed by atoms with van der Waals surface area (Å²) in [6, 6.07) is 6.46. The summed E-state index contributed by atoms with van der Waals surface area (Å²) in [6.45, 7) is 4.20. The van der Waals surface area contributed by atoms with Gasteiger partial charge in [0.25, 0.3) is 0 Å². The summed E-state index contributed by atoms with van der Waals surface area (Å²) in [4.78, 5) is 14.9. The first-order valence-electron chi connectivity index (χ1n) is 6.27. The van der Waals surface area contributed by atoms with E-state index < -0.39 is 12.0 Å². The molecule has 20 heavy (non-hydrogen) atoms.